The number of allylic oxidation sites excluding steroid dienone is 3. The Balaban J connectivity index is 1.48. The Bertz CT molecular complexity index is 979. The van der Waals surface area contributed by atoms with Crippen LogP contribution in [0.4, 0.5) is 0 Å². The number of unbranched alkanes of at least 4 members (excludes halogenated alkanes) is 1. The molecule has 0 N–H and O–H groups in total. The lowest BCUT2D eigenvalue weighted by Gasteiger charge is -2.40. The van der Waals surface area contributed by atoms with Gasteiger partial charge in [-0.05, 0) is 48.4 Å². The largest absolute Gasteiger partial charge is 0.309 e. The normalized spacial score (nSPS) is 23.2. The molecule has 2 aromatic rings. The highest BCUT2D eigenvalue weighted by atomic mass is 32.2. The van der Waals surface area contributed by atoms with Gasteiger partial charge in [-0.3, -0.25) is 9.98 Å². The van der Waals surface area contributed by atoms with Gasteiger partial charge < -0.3 is 4.90 Å². The summed E-state index contributed by atoms with van der Waals surface area (Å²) in [5.41, 5.74) is 1.36. The summed E-state index contributed by atoms with van der Waals surface area (Å²) in [7, 11) is 0. The van der Waals surface area contributed by atoms with Crippen LogP contribution in [0.2, 0.25) is 0 Å². The van der Waals surface area contributed by atoms with Crippen LogP contribution in [0.3, 0.4) is 0 Å². The van der Waals surface area contributed by atoms with Crippen LogP contribution in [0.1, 0.15) is 37.5 Å². The third-order valence-corrected chi connectivity index (χ3v) is 7.86. The Hall–Kier alpha value is -1.85. The second-order valence-corrected chi connectivity index (χ2v) is 9.63. The number of benzene rings is 1. The van der Waals surface area contributed by atoms with Crippen LogP contribution in [0, 0.1) is 5.92 Å². The number of thiophene rings is 1. The summed E-state index contributed by atoms with van der Waals surface area (Å²) in [4.78, 5) is 15.1. The van der Waals surface area contributed by atoms with Crippen LogP contribution in [0.25, 0.3) is 15.7 Å². The highest BCUT2D eigenvalue weighted by Gasteiger charge is 2.37. The summed E-state index contributed by atoms with van der Waals surface area (Å²) in [5, 5.41) is 2.50. The number of rotatable bonds is 4. The lowest BCUT2D eigenvalue weighted by Crippen LogP contribution is -2.47. The Kier molecular flexibility index (Phi) is 5.12. The number of nitrogens with zero attached hydrogens (tertiary/aromatic N) is 3. The summed E-state index contributed by atoms with van der Waals surface area (Å²) < 4.78 is 1.36. The molecular weight excluding hydrogens is 382 g/mol. The molecule has 3 heterocycles. The molecule has 1 saturated heterocycles. The summed E-state index contributed by atoms with van der Waals surface area (Å²) in [6, 6.07) is 11.0. The van der Waals surface area contributed by atoms with Crippen LogP contribution in [0.15, 0.2) is 57.4 Å². The maximum Gasteiger partial charge on any atom is 0.169 e. The van der Waals surface area contributed by atoms with Crippen molar-refractivity contribution in [2.45, 2.75) is 32.6 Å². The molecule has 144 valence electrons. The number of hydrogen-bond donors (Lipinski definition) is 0. The van der Waals surface area contributed by atoms with Gasteiger partial charge in [0.1, 0.15) is 5.84 Å². The monoisotopic (exact) mass is 407 g/mol. The van der Waals surface area contributed by atoms with E-state index in [2.05, 4.69) is 54.3 Å². The van der Waals surface area contributed by atoms with Crippen LogP contribution in [0.5, 0.6) is 0 Å². The average molecular weight is 408 g/mol. The fraction of sp³-hybridized carbons (Fsp3) is 0.391. The van der Waals surface area contributed by atoms with Crippen LogP contribution < -0.4 is 0 Å². The SMILES string of the molecule is CCCCN=C1SC2=CC(c3cc4ccccc4s3)=CCC2C2=NCCCN12. The van der Waals surface area contributed by atoms with Gasteiger partial charge in [-0.15, -0.1) is 11.3 Å². The fourth-order valence-electron chi connectivity index (χ4n) is 4.03. The van der Waals surface area contributed by atoms with E-state index in [1.807, 2.05) is 23.1 Å². The lowest BCUT2D eigenvalue weighted by atomic mass is 9.93. The van der Waals surface area contributed by atoms with E-state index in [1.165, 1.54) is 37.7 Å². The Labute approximate surface area is 175 Å². The number of fused-ring (bicyclic) bond motifs is 4. The molecule has 0 amide bonds. The Morgan fingerprint density at radius 1 is 1.29 bits per heavy atom. The van der Waals surface area contributed by atoms with Gasteiger partial charge in [-0.1, -0.05) is 49.4 Å². The van der Waals surface area contributed by atoms with E-state index in [1.54, 1.807) is 0 Å². The minimum absolute atomic E-state index is 0.411. The van der Waals surface area contributed by atoms with E-state index < -0.39 is 0 Å². The maximum atomic E-state index is 4.95. The van der Waals surface area contributed by atoms with Gasteiger partial charge in [0.15, 0.2) is 5.17 Å². The topological polar surface area (TPSA) is 28.0 Å². The van der Waals surface area contributed by atoms with Gasteiger partial charge in [-0.25, -0.2) is 0 Å². The first-order valence-electron chi connectivity index (χ1n) is 10.3. The minimum Gasteiger partial charge on any atom is -0.309 e. The van der Waals surface area contributed by atoms with Crippen molar-refractivity contribution < 1.29 is 0 Å². The maximum absolute atomic E-state index is 4.95. The van der Waals surface area contributed by atoms with Gasteiger partial charge in [0.05, 0.1) is 5.92 Å². The molecule has 0 bridgehead atoms. The summed E-state index contributed by atoms with van der Waals surface area (Å²) in [6.45, 7) is 5.16. The molecule has 5 heteroatoms. The van der Waals surface area contributed by atoms with Crippen molar-refractivity contribution in [1.29, 1.82) is 0 Å². The standard InChI is InChI=1S/C23H25N3S2/c1-2-3-11-25-23-26-13-6-12-24-22(26)18-10-9-17(15-21(18)28-23)20-14-16-7-4-5-8-19(16)27-20/h4-5,7-9,14-15,18H,2-3,6,10-13H2,1H3. The fourth-order valence-corrected chi connectivity index (χ4v) is 6.29. The molecule has 0 spiro atoms. The molecular formula is C23H25N3S2. The lowest BCUT2D eigenvalue weighted by molar-refractivity contribution is 0.517. The Morgan fingerprint density at radius 3 is 3.11 bits per heavy atom. The average Bonchev–Trinajstić information content (AvgIpc) is 3.18. The summed E-state index contributed by atoms with van der Waals surface area (Å²) >= 11 is 3.77. The number of aliphatic imine (C=N–C) groups is 2. The molecule has 5 rings (SSSR count). The Morgan fingerprint density at radius 2 is 2.21 bits per heavy atom. The molecule has 1 atom stereocenters. The van der Waals surface area contributed by atoms with Crippen molar-refractivity contribution in [3.05, 3.63) is 52.3 Å². The van der Waals surface area contributed by atoms with E-state index in [-0.39, 0.29) is 0 Å². The van der Waals surface area contributed by atoms with Crippen molar-refractivity contribution in [2.75, 3.05) is 19.6 Å². The van der Waals surface area contributed by atoms with Gasteiger partial charge in [-0.2, -0.15) is 0 Å². The van der Waals surface area contributed by atoms with E-state index in [0.717, 1.165) is 44.1 Å². The first kappa shape index (κ1) is 18.2. The second kappa shape index (κ2) is 7.88. The molecule has 0 saturated carbocycles. The molecule has 1 unspecified atom stereocenters. The molecule has 1 aliphatic carbocycles. The van der Waals surface area contributed by atoms with Crippen LogP contribution in [-0.2, 0) is 0 Å². The summed E-state index contributed by atoms with van der Waals surface area (Å²) in [6.07, 6.45) is 9.32. The van der Waals surface area contributed by atoms with E-state index in [4.69, 9.17) is 9.98 Å². The minimum atomic E-state index is 0.411. The zero-order valence-corrected chi connectivity index (χ0v) is 17.9. The molecule has 1 aromatic carbocycles. The van der Waals surface area contributed by atoms with Crippen molar-refractivity contribution >= 4 is 49.8 Å². The number of thioether (sulfide) groups is 1. The molecule has 0 radical (unpaired) electrons. The third-order valence-electron chi connectivity index (χ3n) is 5.53. The van der Waals surface area contributed by atoms with E-state index in [9.17, 15) is 0 Å². The third kappa shape index (κ3) is 3.35. The predicted octanol–water partition coefficient (Wildman–Crippen LogP) is 6.20. The quantitative estimate of drug-likeness (QED) is 0.565. The van der Waals surface area contributed by atoms with Gasteiger partial charge in [0.2, 0.25) is 0 Å². The smallest absolute Gasteiger partial charge is 0.169 e. The van der Waals surface area contributed by atoms with Crippen LogP contribution >= 0.6 is 23.1 Å². The first-order valence-corrected chi connectivity index (χ1v) is 11.9. The van der Waals surface area contributed by atoms with E-state index >= 15 is 0 Å². The van der Waals surface area contributed by atoms with E-state index in [0.29, 0.717) is 5.92 Å². The van der Waals surface area contributed by atoms with Crippen molar-refractivity contribution in [1.82, 2.24) is 4.90 Å². The van der Waals surface area contributed by atoms with Crippen molar-refractivity contribution in [2.24, 2.45) is 15.9 Å². The number of hydrogen-bond acceptors (Lipinski definition) is 4. The summed E-state index contributed by atoms with van der Waals surface area (Å²) in [5.74, 6) is 1.66. The molecule has 1 fully saturated rings. The molecule has 28 heavy (non-hydrogen) atoms. The second-order valence-electron chi connectivity index (χ2n) is 7.51. The molecule has 2 aliphatic heterocycles. The van der Waals surface area contributed by atoms with Gasteiger partial charge >= 0.3 is 0 Å². The zero-order chi connectivity index (χ0) is 18.9. The van der Waals surface area contributed by atoms with Crippen LogP contribution in [-0.4, -0.2) is 35.5 Å². The highest BCUT2D eigenvalue weighted by molar-refractivity contribution is 8.17. The molecule has 3 aliphatic rings. The van der Waals surface area contributed by atoms with Gasteiger partial charge in [0.25, 0.3) is 0 Å². The molecule has 3 nitrogen and oxygen atoms in total. The zero-order valence-electron chi connectivity index (χ0n) is 16.2. The number of amidine groups is 2. The van der Waals surface area contributed by atoms with Gasteiger partial charge in [0, 0.05) is 34.1 Å². The highest BCUT2D eigenvalue weighted by Crippen LogP contribution is 2.44. The van der Waals surface area contributed by atoms with Crippen molar-refractivity contribution in [3.63, 3.8) is 0 Å². The van der Waals surface area contributed by atoms with Crippen molar-refractivity contribution in [3.8, 4) is 0 Å². The first-order chi connectivity index (χ1) is 13.8. The molecule has 1 aromatic heterocycles. The predicted molar refractivity (Wildman–Crippen MR) is 124 cm³/mol.